The van der Waals surface area contributed by atoms with E-state index < -0.39 is 17.6 Å². The van der Waals surface area contributed by atoms with Gasteiger partial charge < -0.3 is 9.74 Å². The molecule has 0 atom stereocenters. The van der Waals surface area contributed by atoms with Gasteiger partial charge in [0.25, 0.3) is 0 Å². The summed E-state index contributed by atoms with van der Waals surface area (Å²) in [7, 11) is 0. The monoisotopic (exact) mass is 495 g/mol. The van der Waals surface area contributed by atoms with Crippen LogP contribution in [0.15, 0.2) is 60.0 Å². The lowest BCUT2D eigenvalue weighted by Gasteiger charge is -2.55. The molecule has 0 N–H and O–H groups in total. The number of oxime groups is 1. The van der Waals surface area contributed by atoms with Crippen LogP contribution in [0.25, 0.3) is 0 Å². The van der Waals surface area contributed by atoms with E-state index >= 15 is 0 Å². The Bertz CT molecular complexity index is 1230. The van der Waals surface area contributed by atoms with Crippen molar-refractivity contribution in [1.29, 1.82) is 0 Å². The average molecular weight is 496 g/mol. The maximum atomic E-state index is 13.8. The molecule has 2 fully saturated rings. The van der Waals surface area contributed by atoms with Crippen LogP contribution in [0.2, 0.25) is 0 Å². The number of rotatable bonds is 7. The second kappa shape index (κ2) is 10.3. The van der Waals surface area contributed by atoms with Gasteiger partial charge in [-0.15, -0.1) is 0 Å². The molecular weight excluding hydrogens is 467 g/mol. The third-order valence-electron chi connectivity index (χ3n) is 6.81. The molecule has 0 amide bonds. The quantitative estimate of drug-likeness (QED) is 0.268. The van der Waals surface area contributed by atoms with Gasteiger partial charge in [0.05, 0.1) is 17.6 Å². The normalized spacial score (nSPS) is 17.8. The van der Waals surface area contributed by atoms with E-state index in [1.165, 1.54) is 18.6 Å². The van der Waals surface area contributed by atoms with Gasteiger partial charge in [-0.25, -0.2) is 13.8 Å². The summed E-state index contributed by atoms with van der Waals surface area (Å²) in [4.78, 5) is 18.2. The Morgan fingerprint density at radius 2 is 1.86 bits per heavy atom. The van der Waals surface area contributed by atoms with Crippen LogP contribution < -0.4 is 4.90 Å². The Labute approximate surface area is 208 Å². The average Bonchev–Trinajstić information content (AvgIpc) is 2.87. The van der Waals surface area contributed by atoms with Crippen molar-refractivity contribution >= 4 is 11.4 Å². The Kier molecular flexibility index (Phi) is 6.91. The van der Waals surface area contributed by atoms with Gasteiger partial charge in [-0.3, -0.25) is 9.88 Å². The molecule has 2 aliphatic heterocycles. The van der Waals surface area contributed by atoms with Crippen LogP contribution >= 0.6 is 0 Å². The van der Waals surface area contributed by atoms with Crippen LogP contribution in [-0.4, -0.2) is 53.4 Å². The molecule has 0 bridgehead atoms. The molecule has 2 aliphatic rings. The number of nitrogens with zero attached hydrogens (tertiary/aromatic N) is 5. The minimum Gasteiger partial charge on any atom is -0.396 e. The number of benzene rings is 1. The molecule has 5 rings (SSSR count). The summed E-state index contributed by atoms with van der Waals surface area (Å²) in [6.45, 7) is 6.80. The molecule has 2 saturated heterocycles. The molecular formula is C27H28F3N5O. The first kappa shape index (κ1) is 24.2. The van der Waals surface area contributed by atoms with Crippen LogP contribution in [0.3, 0.4) is 0 Å². The summed E-state index contributed by atoms with van der Waals surface area (Å²) in [6, 6.07) is 10.6. The van der Waals surface area contributed by atoms with Crippen molar-refractivity contribution in [3.63, 3.8) is 0 Å². The highest BCUT2D eigenvalue weighted by atomic mass is 19.2. The lowest BCUT2D eigenvalue weighted by atomic mass is 9.73. The fourth-order valence-corrected chi connectivity index (χ4v) is 5.19. The van der Waals surface area contributed by atoms with Gasteiger partial charge in [-0.05, 0) is 61.7 Å². The summed E-state index contributed by atoms with van der Waals surface area (Å²) < 4.78 is 40.4. The highest BCUT2D eigenvalue weighted by Gasteiger charge is 2.45. The van der Waals surface area contributed by atoms with E-state index in [1.807, 2.05) is 12.1 Å². The molecule has 4 heterocycles. The van der Waals surface area contributed by atoms with E-state index in [-0.39, 0.29) is 5.41 Å². The maximum absolute atomic E-state index is 13.8. The van der Waals surface area contributed by atoms with Crippen molar-refractivity contribution in [3.05, 3.63) is 89.3 Å². The first-order valence-electron chi connectivity index (χ1n) is 12.1. The minimum absolute atomic E-state index is 0.240. The van der Waals surface area contributed by atoms with E-state index in [1.54, 1.807) is 25.4 Å². The lowest BCUT2D eigenvalue weighted by Crippen LogP contribution is -2.62. The van der Waals surface area contributed by atoms with Gasteiger partial charge in [0, 0.05) is 49.9 Å². The standard InChI is InChI=1S/C27H28F3N5O/c1-2-36-33-26(20-5-7-22(28)23(29)12-20)24-8-4-19(13-31-24)15-34-16-27(17-34)10-3-11-35(18-27)21-6-9-25(30)32-14-21/h4-9,12-14H,2-3,10-11,15-18H2,1H3/b33-26+. The smallest absolute Gasteiger partial charge is 0.212 e. The number of halogens is 3. The molecule has 1 spiro atoms. The summed E-state index contributed by atoms with van der Waals surface area (Å²) in [5.74, 6) is -2.32. The summed E-state index contributed by atoms with van der Waals surface area (Å²) >= 11 is 0. The predicted octanol–water partition coefficient (Wildman–Crippen LogP) is 4.79. The molecule has 188 valence electrons. The Balaban J connectivity index is 1.22. The number of pyridine rings is 2. The molecule has 36 heavy (non-hydrogen) atoms. The van der Waals surface area contributed by atoms with Crippen molar-refractivity contribution in [2.75, 3.05) is 37.7 Å². The molecule has 0 aliphatic carbocycles. The Morgan fingerprint density at radius 3 is 2.56 bits per heavy atom. The molecule has 0 unspecified atom stereocenters. The minimum atomic E-state index is -0.947. The van der Waals surface area contributed by atoms with Crippen molar-refractivity contribution in [2.45, 2.75) is 26.3 Å². The number of aromatic nitrogens is 2. The third kappa shape index (κ3) is 5.21. The second-order valence-corrected chi connectivity index (χ2v) is 9.55. The van der Waals surface area contributed by atoms with E-state index in [4.69, 9.17) is 4.84 Å². The molecule has 1 aromatic carbocycles. The van der Waals surface area contributed by atoms with Crippen molar-refractivity contribution in [1.82, 2.24) is 14.9 Å². The summed E-state index contributed by atoms with van der Waals surface area (Å²) in [6.07, 6.45) is 5.69. The van der Waals surface area contributed by atoms with Crippen LogP contribution in [0.5, 0.6) is 0 Å². The highest BCUT2D eigenvalue weighted by Crippen LogP contribution is 2.40. The van der Waals surface area contributed by atoms with Gasteiger partial charge >= 0.3 is 0 Å². The Hall–Kier alpha value is -3.46. The molecule has 3 aromatic rings. The maximum Gasteiger partial charge on any atom is 0.212 e. The zero-order valence-corrected chi connectivity index (χ0v) is 20.1. The van der Waals surface area contributed by atoms with E-state index in [0.29, 0.717) is 23.6 Å². The van der Waals surface area contributed by atoms with Gasteiger partial charge in [-0.2, -0.15) is 4.39 Å². The van der Waals surface area contributed by atoms with Crippen molar-refractivity contribution in [3.8, 4) is 0 Å². The van der Waals surface area contributed by atoms with Crippen LogP contribution in [-0.2, 0) is 11.4 Å². The molecule has 9 heteroatoms. The molecule has 6 nitrogen and oxygen atoms in total. The third-order valence-corrected chi connectivity index (χ3v) is 6.81. The number of likely N-dealkylation sites (tertiary alicyclic amines) is 1. The van der Waals surface area contributed by atoms with Crippen molar-refractivity contribution in [2.24, 2.45) is 10.6 Å². The SMILES string of the molecule is CCO/N=C(\c1ccc(F)c(F)c1)c1ccc(CN2CC3(CCCN(c4ccc(F)nc4)C3)C2)cn1. The second-order valence-electron chi connectivity index (χ2n) is 9.55. The van der Waals surface area contributed by atoms with Crippen LogP contribution in [0.4, 0.5) is 18.9 Å². The van der Waals surface area contributed by atoms with Gasteiger partial charge in [0.2, 0.25) is 5.95 Å². The number of anilines is 1. The number of piperidine rings is 1. The van der Waals surface area contributed by atoms with Crippen LogP contribution in [0.1, 0.15) is 36.6 Å². The van der Waals surface area contributed by atoms with E-state index in [9.17, 15) is 13.2 Å². The molecule has 0 saturated carbocycles. The summed E-state index contributed by atoms with van der Waals surface area (Å²) in [5, 5.41) is 4.09. The largest absolute Gasteiger partial charge is 0.396 e. The highest BCUT2D eigenvalue weighted by molar-refractivity contribution is 6.11. The van der Waals surface area contributed by atoms with Gasteiger partial charge in [0.15, 0.2) is 11.6 Å². The Morgan fingerprint density at radius 1 is 1.00 bits per heavy atom. The summed E-state index contributed by atoms with van der Waals surface area (Å²) in [5.41, 5.74) is 3.54. The molecule has 2 aromatic heterocycles. The van der Waals surface area contributed by atoms with Gasteiger partial charge in [0.1, 0.15) is 12.3 Å². The van der Waals surface area contributed by atoms with Crippen molar-refractivity contribution < 1.29 is 18.0 Å². The van der Waals surface area contributed by atoms with Crippen LogP contribution in [0, 0.1) is 23.0 Å². The zero-order chi connectivity index (χ0) is 25.1. The predicted molar refractivity (Wildman–Crippen MR) is 131 cm³/mol. The van der Waals surface area contributed by atoms with E-state index in [0.717, 1.165) is 62.5 Å². The first-order chi connectivity index (χ1) is 17.4. The fraction of sp³-hybridized carbons (Fsp3) is 0.370. The fourth-order valence-electron chi connectivity index (χ4n) is 5.19. The lowest BCUT2D eigenvalue weighted by molar-refractivity contribution is -0.0159. The first-order valence-corrected chi connectivity index (χ1v) is 12.1. The zero-order valence-electron chi connectivity index (χ0n) is 20.1. The van der Waals surface area contributed by atoms with E-state index in [2.05, 4.69) is 24.9 Å². The molecule has 0 radical (unpaired) electrons. The number of hydrogen-bond donors (Lipinski definition) is 0. The van der Waals surface area contributed by atoms with Gasteiger partial charge in [-0.1, -0.05) is 11.2 Å². The topological polar surface area (TPSA) is 53.9 Å². The number of hydrogen-bond acceptors (Lipinski definition) is 6.